The predicted octanol–water partition coefficient (Wildman–Crippen LogP) is 12.7. The molecular formula is C46H37N3O. The first-order valence-corrected chi connectivity index (χ1v) is 17.5. The van der Waals surface area contributed by atoms with Crippen molar-refractivity contribution < 1.29 is 4.42 Å². The maximum atomic E-state index is 6.69. The topological polar surface area (TPSA) is 43.9 Å². The van der Waals surface area contributed by atoms with E-state index in [0.717, 1.165) is 50.0 Å². The summed E-state index contributed by atoms with van der Waals surface area (Å²) in [5, 5.41) is 4.53. The summed E-state index contributed by atoms with van der Waals surface area (Å²) in [6, 6.07) is 49.5. The second-order valence-electron chi connectivity index (χ2n) is 13.8. The standard InChI is InChI=1S/C46H37N3O/c1-28(2)38-26-34(33-22-21-30-13-8-9-16-32(30)25-33)27-39(29(3)4)43(38)49-42-20-11-10-19-41(42)47-45(49)37-18-12-17-35-36-23-24-40(31-14-6-5-7-15-31)48-46(36)50-44(35)37/h5-29H,1-4H3. The average molecular weight is 648 g/mol. The highest BCUT2D eigenvalue weighted by Crippen LogP contribution is 2.43. The Kier molecular flexibility index (Phi) is 7.13. The zero-order valence-electron chi connectivity index (χ0n) is 28.7. The van der Waals surface area contributed by atoms with Crippen LogP contribution in [0.25, 0.3) is 83.3 Å². The number of para-hydroxylation sites is 3. The molecule has 0 radical (unpaired) electrons. The number of furan rings is 1. The van der Waals surface area contributed by atoms with Crippen LogP contribution in [0.1, 0.15) is 50.7 Å². The number of imidazole rings is 1. The van der Waals surface area contributed by atoms with Crippen LogP contribution in [-0.2, 0) is 0 Å². The fourth-order valence-corrected chi connectivity index (χ4v) is 7.41. The smallest absolute Gasteiger partial charge is 0.227 e. The van der Waals surface area contributed by atoms with Crippen LogP contribution in [0.3, 0.4) is 0 Å². The Morgan fingerprint density at radius 3 is 2.04 bits per heavy atom. The van der Waals surface area contributed by atoms with E-state index >= 15 is 0 Å². The second-order valence-corrected chi connectivity index (χ2v) is 13.8. The molecule has 0 bridgehead atoms. The molecule has 4 heteroatoms. The molecule has 3 aromatic heterocycles. The Balaban J connectivity index is 1.30. The van der Waals surface area contributed by atoms with Gasteiger partial charge in [-0.3, -0.25) is 4.57 Å². The third kappa shape index (κ3) is 4.90. The van der Waals surface area contributed by atoms with E-state index < -0.39 is 0 Å². The van der Waals surface area contributed by atoms with Crippen molar-refractivity contribution in [3.8, 4) is 39.5 Å². The number of aromatic nitrogens is 3. The lowest BCUT2D eigenvalue weighted by molar-refractivity contribution is 0.655. The average Bonchev–Trinajstić information content (AvgIpc) is 3.72. The van der Waals surface area contributed by atoms with Gasteiger partial charge in [-0.05, 0) is 93.4 Å². The summed E-state index contributed by atoms with van der Waals surface area (Å²) in [6.07, 6.45) is 0. The van der Waals surface area contributed by atoms with Crippen molar-refractivity contribution in [2.45, 2.75) is 39.5 Å². The van der Waals surface area contributed by atoms with Crippen molar-refractivity contribution in [2.75, 3.05) is 0 Å². The minimum absolute atomic E-state index is 0.263. The van der Waals surface area contributed by atoms with Gasteiger partial charge >= 0.3 is 0 Å². The van der Waals surface area contributed by atoms with E-state index in [9.17, 15) is 0 Å². The molecule has 0 aliphatic carbocycles. The Labute approximate surface area is 291 Å². The maximum absolute atomic E-state index is 6.69. The number of fused-ring (bicyclic) bond motifs is 5. The highest BCUT2D eigenvalue weighted by Gasteiger charge is 2.25. The van der Waals surface area contributed by atoms with Crippen LogP contribution in [0.15, 0.2) is 144 Å². The third-order valence-corrected chi connectivity index (χ3v) is 9.95. The van der Waals surface area contributed by atoms with E-state index in [4.69, 9.17) is 14.4 Å². The molecular weight excluding hydrogens is 611 g/mol. The zero-order chi connectivity index (χ0) is 33.9. The SMILES string of the molecule is CC(C)c1cc(-c2ccc3ccccc3c2)cc(C(C)C)c1-n1c(-c2cccc3c2oc2nc(-c4ccccc4)ccc23)nc2ccccc21. The summed E-state index contributed by atoms with van der Waals surface area (Å²) in [5.41, 5.74) is 12.6. The minimum Gasteiger partial charge on any atom is -0.437 e. The lowest BCUT2D eigenvalue weighted by atomic mass is 9.87. The van der Waals surface area contributed by atoms with Crippen LogP contribution >= 0.6 is 0 Å². The summed E-state index contributed by atoms with van der Waals surface area (Å²) in [4.78, 5) is 10.3. The summed E-state index contributed by atoms with van der Waals surface area (Å²) in [5.74, 6) is 1.39. The third-order valence-electron chi connectivity index (χ3n) is 9.95. The van der Waals surface area contributed by atoms with Gasteiger partial charge in [0.2, 0.25) is 5.71 Å². The van der Waals surface area contributed by atoms with Gasteiger partial charge in [-0.15, -0.1) is 0 Å². The molecule has 4 nitrogen and oxygen atoms in total. The predicted molar refractivity (Wildman–Crippen MR) is 208 cm³/mol. The van der Waals surface area contributed by atoms with E-state index in [-0.39, 0.29) is 11.8 Å². The molecule has 3 heterocycles. The molecule has 6 aromatic carbocycles. The molecule has 0 aliphatic rings. The van der Waals surface area contributed by atoms with Crippen LogP contribution in [-0.4, -0.2) is 14.5 Å². The van der Waals surface area contributed by atoms with E-state index in [2.05, 4.69) is 154 Å². The molecule has 0 aliphatic heterocycles. The molecule has 50 heavy (non-hydrogen) atoms. The first-order valence-electron chi connectivity index (χ1n) is 17.5. The van der Waals surface area contributed by atoms with Gasteiger partial charge in [-0.1, -0.05) is 119 Å². The van der Waals surface area contributed by atoms with Gasteiger partial charge in [-0.2, -0.15) is 0 Å². The first-order chi connectivity index (χ1) is 24.4. The van der Waals surface area contributed by atoms with Crippen LogP contribution in [0.4, 0.5) is 0 Å². The second kappa shape index (κ2) is 11.9. The van der Waals surface area contributed by atoms with Crippen molar-refractivity contribution in [3.05, 3.63) is 151 Å². The molecule has 0 spiro atoms. The summed E-state index contributed by atoms with van der Waals surface area (Å²) in [7, 11) is 0. The van der Waals surface area contributed by atoms with E-state index in [0.29, 0.717) is 5.71 Å². The van der Waals surface area contributed by atoms with Gasteiger partial charge in [0, 0.05) is 16.3 Å². The molecule has 0 unspecified atom stereocenters. The van der Waals surface area contributed by atoms with Crippen LogP contribution in [0.5, 0.6) is 0 Å². The number of hydrogen-bond donors (Lipinski definition) is 0. The van der Waals surface area contributed by atoms with Crippen LogP contribution in [0.2, 0.25) is 0 Å². The fraction of sp³-hybridized carbons (Fsp3) is 0.130. The van der Waals surface area contributed by atoms with E-state index in [1.165, 1.54) is 38.7 Å². The lowest BCUT2D eigenvalue weighted by Crippen LogP contribution is -2.09. The van der Waals surface area contributed by atoms with Crippen molar-refractivity contribution in [3.63, 3.8) is 0 Å². The van der Waals surface area contributed by atoms with Crippen LogP contribution < -0.4 is 0 Å². The van der Waals surface area contributed by atoms with Gasteiger partial charge in [0.25, 0.3) is 0 Å². The maximum Gasteiger partial charge on any atom is 0.227 e. The normalized spacial score (nSPS) is 12.0. The van der Waals surface area contributed by atoms with Gasteiger partial charge in [-0.25, -0.2) is 9.97 Å². The van der Waals surface area contributed by atoms with Crippen molar-refractivity contribution in [1.29, 1.82) is 0 Å². The number of benzene rings is 6. The Bertz CT molecular complexity index is 2680. The number of rotatable bonds is 6. The highest BCUT2D eigenvalue weighted by atomic mass is 16.3. The van der Waals surface area contributed by atoms with E-state index in [1.807, 2.05) is 18.2 Å². The molecule has 0 saturated heterocycles. The summed E-state index contributed by atoms with van der Waals surface area (Å²) >= 11 is 0. The molecule has 242 valence electrons. The number of nitrogens with zero attached hydrogens (tertiary/aromatic N) is 3. The molecule has 9 aromatic rings. The molecule has 0 saturated carbocycles. The Morgan fingerprint density at radius 1 is 0.540 bits per heavy atom. The molecule has 9 rings (SSSR count). The Hall–Kier alpha value is -6.00. The summed E-state index contributed by atoms with van der Waals surface area (Å²) in [6.45, 7) is 9.17. The van der Waals surface area contributed by atoms with Gasteiger partial charge in [0.1, 0.15) is 11.4 Å². The molecule has 0 atom stereocenters. The van der Waals surface area contributed by atoms with Gasteiger partial charge < -0.3 is 4.42 Å². The fourth-order valence-electron chi connectivity index (χ4n) is 7.41. The number of pyridine rings is 1. The van der Waals surface area contributed by atoms with Crippen molar-refractivity contribution in [2.24, 2.45) is 0 Å². The van der Waals surface area contributed by atoms with E-state index in [1.54, 1.807) is 0 Å². The first kappa shape index (κ1) is 30.1. The molecule has 0 fully saturated rings. The minimum atomic E-state index is 0.263. The van der Waals surface area contributed by atoms with Crippen molar-refractivity contribution in [1.82, 2.24) is 14.5 Å². The largest absolute Gasteiger partial charge is 0.437 e. The monoisotopic (exact) mass is 647 g/mol. The Morgan fingerprint density at radius 2 is 1.26 bits per heavy atom. The van der Waals surface area contributed by atoms with Crippen molar-refractivity contribution >= 4 is 43.9 Å². The highest BCUT2D eigenvalue weighted by molar-refractivity contribution is 6.09. The zero-order valence-corrected chi connectivity index (χ0v) is 28.7. The van der Waals surface area contributed by atoms with Crippen LogP contribution in [0, 0.1) is 0 Å². The summed E-state index contributed by atoms with van der Waals surface area (Å²) < 4.78 is 9.07. The molecule has 0 amide bonds. The molecule has 0 N–H and O–H groups in total. The number of hydrogen-bond acceptors (Lipinski definition) is 3. The quantitative estimate of drug-likeness (QED) is 0.180. The lowest BCUT2D eigenvalue weighted by Gasteiger charge is -2.24. The van der Waals surface area contributed by atoms with Gasteiger partial charge in [0.15, 0.2) is 0 Å². The van der Waals surface area contributed by atoms with Gasteiger partial charge in [0.05, 0.1) is 28.0 Å².